The van der Waals surface area contributed by atoms with E-state index in [-0.39, 0.29) is 28.0 Å². The van der Waals surface area contributed by atoms with Crippen LogP contribution < -0.4 is 5.12 Å². The number of hydrogen-bond donors (Lipinski definition) is 0. The second-order valence-electron chi connectivity index (χ2n) is 4.51. The van der Waals surface area contributed by atoms with Gasteiger partial charge in [0.1, 0.15) is 0 Å². The zero-order chi connectivity index (χ0) is 16.1. The molecule has 0 bridgehead atoms. The lowest BCUT2D eigenvalue weighted by atomic mass is 10.2. The molecular formula is C14H15ClFN3O2S. The maximum absolute atomic E-state index is 14.5. The zero-order valence-electron chi connectivity index (χ0n) is 12.0. The van der Waals surface area contributed by atoms with Crippen LogP contribution in [0.15, 0.2) is 23.3 Å². The number of hydrazone groups is 1. The van der Waals surface area contributed by atoms with Crippen molar-refractivity contribution in [2.45, 2.75) is 19.8 Å². The fourth-order valence-electron chi connectivity index (χ4n) is 1.90. The fraction of sp³-hybridized carbons (Fsp3) is 0.357. The Morgan fingerprint density at radius 3 is 3.00 bits per heavy atom. The molecule has 1 heterocycles. The van der Waals surface area contributed by atoms with Crippen molar-refractivity contribution in [1.82, 2.24) is 5.01 Å². The summed E-state index contributed by atoms with van der Waals surface area (Å²) in [5.41, 5.74) is 0.187. The van der Waals surface area contributed by atoms with Gasteiger partial charge in [0.25, 0.3) is 0 Å². The Hall–Kier alpha value is -1.73. The summed E-state index contributed by atoms with van der Waals surface area (Å²) in [6, 6.07) is 4.17. The fourth-order valence-corrected chi connectivity index (χ4v) is 2.34. The van der Waals surface area contributed by atoms with Crippen LogP contribution in [0.4, 0.5) is 10.2 Å². The summed E-state index contributed by atoms with van der Waals surface area (Å²) < 4.78 is 19.3. The quantitative estimate of drug-likeness (QED) is 0.477. The average Bonchev–Trinajstić information content (AvgIpc) is 2.55. The molecule has 22 heavy (non-hydrogen) atoms. The Morgan fingerprint density at radius 2 is 2.36 bits per heavy atom. The van der Waals surface area contributed by atoms with Crippen LogP contribution in [0.25, 0.3) is 0 Å². The lowest BCUT2D eigenvalue weighted by Gasteiger charge is -2.26. The molecule has 0 aliphatic carbocycles. The minimum Gasteiger partial charge on any atom is -0.462 e. The summed E-state index contributed by atoms with van der Waals surface area (Å²) in [7, 11) is 0. The summed E-state index contributed by atoms with van der Waals surface area (Å²) in [5, 5.41) is 5.85. The highest BCUT2D eigenvalue weighted by atomic mass is 35.5. The van der Waals surface area contributed by atoms with Gasteiger partial charge in [-0.1, -0.05) is 16.1 Å². The summed E-state index contributed by atoms with van der Waals surface area (Å²) in [6.07, 6.45) is 3.39. The molecule has 0 saturated heterocycles. The van der Waals surface area contributed by atoms with Crippen LogP contribution >= 0.6 is 23.8 Å². The van der Waals surface area contributed by atoms with Gasteiger partial charge in [-0.15, -0.1) is 0 Å². The second kappa shape index (κ2) is 7.51. The molecule has 2 rings (SSSR count). The van der Waals surface area contributed by atoms with Crippen molar-refractivity contribution in [2.24, 2.45) is 5.10 Å². The number of anilines is 1. The van der Waals surface area contributed by atoms with Gasteiger partial charge >= 0.3 is 5.97 Å². The van der Waals surface area contributed by atoms with E-state index in [0.717, 1.165) is 12.8 Å². The SMILES string of the molecule is CCOC(=O)c1cc(N(F)C(=S)N2CCCC=N2)ccc1Cl. The highest BCUT2D eigenvalue weighted by Crippen LogP contribution is 2.25. The maximum atomic E-state index is 14.5. The van der Waals surface area contributed by atoms with Gasteiger partial charge in [-0.25, -0.2) is 9.80 Å². The van der Waals surface area contributed by atoms with Gasteiger partial charge in [-0.2, -0.15) is 10.2 Å². The molecule has 118 valence electrons. The first-order valence-electron chi connectivity index (χ1n) is 6.81. The van der Waals surface area contributed by atoms with Crippen molar-refractivity contribution in [1.29, 1.82) is 0 Å². The van der Waals surface area contributed by atoms with E-state index in [1.807, 2.05) is 0 Å². The molecule has 0 spiro atoms. The molecule has 5 nitrogen and oxygen atoms in total. The number of hydrogen-bond acceptors (Lipinski definition) is 4. The van der Waals surface area contributed by atoms with Gasteiger partial charge in [-0.3, -0.25) is 0 Å². The molecule has 8 heteroatoms. The van der Waals surface area contributed by atoms with Crippen LogP contribution in [0.3, 0.4) is 0 Å². The van der Waals surface area contributed by atoms with E-state index < -0.39 is 5.97 Å². The molecule has 0 atom stereocenters. The first kappa shape index (κ1) is 16.6. The standard InChI is InChI=1S/C14H15ClFN3O2S/c1-2-21-13(20)11-9-10(5-6-12(11)15)19(16)14(22)18-8-4-3-7-17-18/h5-7,9H,2-4,8H2,1H3. The van der Waals surface area contributed by atoms with Crippen LogP contribution in [0, 0.1) is 0 Å². The highest BCUT2D eigenvalue weighted by molar-refractivity contribution is 7.80. The zero-order valence-corrected chi connectivity index (χ0v) is 13.5. The van der Waals surface area contributed by atoms with Gasteiger partial charge < -0.3 is 4.74 Å². The highest BCUT2D eigenvalue weighted by Gasteiger charge is 2.21. The van der Waals surface area contributed by atoms with Crippen molar-refractivity contribution in [3.8, 4) is 0 Å². The van der Waals surface area contributed by atoms with Gasteiger partial charge in [0, 0.05) is 12.8 Å². The summed E-state index contributed by atoms with van der Waals surface area (Å²) in [5.74, 6) is -0.607. The van der Waals surface area contributed by atoms with Gasteiger partial charge in [0.15, 0.2) is 0 Å². The Balaban J connectivity index is 2.22. The number of nitrogens with zero attached hydrogens (tertiary/aromatic N) is 3. The molecule has 0 fully saturated rings. The van der Waals surface area contributed by atoms with Crippen LogP contribution in [0.5, 0.6) is 0 Å². The molecule has 0 aromatic heterocycles. The molecule has 1 aromatic carbocycles. The Bertz CT molecular complexity index is 612. The largest absolute Gasteiger partial charge is 0.462 e. The molecule has 1 aromatic rings. The van der Waals surface area contributed by atoms with Gasteiger partial charge in [0.05, 0.1) is 22.9 Å². The number of carbonyl (C=O) groups is 1. The first-order valence-corrected chi connectivity index (χ1v) is 7.59. The lowest BCUT2D eigenvalue weighted by molar-refractivity contribution is 0.0526. The first-order chi connectivity index (χ1) is 10.5. The van der Waals surface area contributed by atoms with Crippen LogP contribution in [0.1, 0.15) is 30.1 Å². The predicted octanol–water partition coefficient (Wildman–Crippen LogP) is 3.57. The molecule has 1 aliphatic heterocycles. The maximum Gasteiger partial charge on any atom is 0.339 e. The predicted molar refractivity (Wildman–Crippen MR) is 88.0 cm³/mol. The van der Waals surface area contributed by atoms with Crippen molar-refractivity contribution in [2.75, 3.05) is 18.3 Å². The lowest BCUT2D eigenvalue weighted by Crippen LogP contribution is -2.37. The third kappa shape index (κ3) is 3.72. The minimum atomic E-state index is -0.607. The van der Waals surface area contributed by atoms with E-state index in [0.29, 0.717) is 11.7 Å². The van der Waals surface area contributed by atoms with Gasteiger partial charge in [-0.05, 0) is 50.2 Å². The molecule has 0 N–H and O–H groups in total. The van der Waals surface area contributed by atoms with E-state index in [4.69, 9.17) is 28.6 Å². The third-order valence-electron chi connectivity index (χ3n) is 2.98. The normalized spacial score (nSPS) is 13.9. The monoisotopic (exact) mass is 343 g/mol. The molecule has 0 unspecified atom stereocenters. The number of ether oxygens (including phenoxy) is 1. The number of carbonyl (C=O) groups excluding carboxylic acids is 1. The van der Waals surface area contributed by atoms with E-state index >= 15 is 0 Å². The summed E-state index contributed by atoms with van der Waals surface area (Å²) >= 11 is 11.0. The van der Waals surface area contributed by atoms with E-state index in [1.54, 1.807) is 13.1 Å². The second-order valence-corrected chi connectivity index (χ2v) is 5.28. The van der Waals surface area contributed by atoms with Crippen LogP contribution in [-0.2, 0) is 4.74 Å². The molecule has 1 aliphatic rings. The smallest absolute Gasteiger partial charge is 0.339 e. The minimum absolute atomic E-state index is 0.0897. The number of esters is 1. The van der Waals surface area contributed by atoms with Crippen molar-refractivity contribution in [3.05, 3.63) is 28.8 Å². The third-order valence-corrected chi connectivity index (χ3v) is 3.69. The van der Waals surface area contributed by atoms with Crippen molar-refractivity contribution < 1.29 is 14.0 Å². The number of rotatable bonds is 3. The van der Waals surface area contributed by atoms with Crippen molar-refractivity contribution in [3.63, 3.8) is 0 Å². The molecular weight excluding hydrogens is 329 g/mol. The number of thiocarbonyl (C=S) groups is 1. The Kier molecular flexibility index (Phi) is 5.68. The Labute approximate surface area is 138 Å². The van der Waals surface area contributed by atoms with Crippen LogP contribution in [0.2, 0.25) is 5.02 Å². The number of halogens is 2. The Morgan fingerprint density at radius 1 is 1.59 bits per heavy atom. The molecule has 0 saturated carbocycles. The molecule has 0 radical (unpaired) electrons. The van der Waals surface area contributed by atoms with E-state index in [1.165, 1.54) is 23.2 Å². The average molecular weight is 344 g/mol. The summed E-state index contributed by atoms with van der Waals surface area (Å²) in [4.78, 5) is 11.8. The van der Waals surface area contributed by atoms with Gasteiger partial charge in [0.2, 0.25) is 5.11 Å². The van der Waals surface area contributed by atoms with Crippen molar-refractivity contribution >= 4 is 46.8 Å². The van der Waals surface area contributed by atoms with E-state index in [2.05, 4.69) is 5.10 Å². The topological polar surface area (TPSA) is 45.1 Å². The van der Waals surface area contributed by atoms with Crippen LogP contribution in [-0.4, -0.2) is 35.5 Å². The van der Waals surface area contributed by atoms with E-state index in [9.17, 15) is 9.28 Å². The summed E-state index contributed by atoms with van der Waals surface area (Å²) in [6.45, 7) is 2.44. The molecule has 0 amide bonds. The number of benzene rings is 1.